The zero-order valence-electron chi connectivity index (χ0n) is 10.2. The Bertz CT molecular complexity index is 413. The number of hydrogen-bond acceptors (Lipinski definition) is 2. The van der Waals surface area contributed by atoms with Crippen molar-refractivity contribution < 1.29 is 13.6 Å². The van der Waals surface area contributed by atoms with E-state index < -0.39 is 17.7 Å². The summed E-state index contributed by atoms with van der Waals surface area (Å²) in [5.41, 5.74) is 5.85. The molecule has 1 amide bonds. The molecule has 0 aromatic heterocycles. The summed E-state index contributed by atoms with van der Waals surface area (Å²) in [5.74, 6) is -1.66. The van der Waals surface area contributed by atoms with Crippen molar-refractivity contribution in [2.75, 3.05) is 0 Å². The van der Waals surface area contributed by atoms with Gasteiger partial charge in [0.05, 0.1) is 6.04 Å². The lowest BCUT2D eigenvalue weighted by atomic mass is 10.0. The molecule has 1 aromatic rings. The molecule has 18 heavy (non-hydrogen) atoms. The normalized spacial score (nSPS) is 11.9. The lowest BCUT2D eigenvalue weighted by Gasteiger charge is -2.15. The minimum absolute atomic E-state index is 0. The van der Waals surface area contributed by atoms with Gasteiger partial charge in [0.2, 0.25) is 5.91 Å². The van der Waals surface area contributed by atoms with Gasteiger partial charge in [-0.25, -0.2) is 8.78 Å². The average molecular weight is 279 g/mol. The van der Waals surface area contributed by atoms with Gasteiger partial charge in [0, 0.05) is 18.2 Å². The molecule has 6 heteroatoms. The Balaban J connectivity index is 0.00000289. The van der Waals surface area contributed by atoms with Crippen molar-refractivity contribution in [2.45, 2.75) is 26.4 Å². The van der Waals surface area contributed by atoms with Crippen molar-refractivity contribution in [3.8, 4) is 0 Å². The minimum Gasteiger partial charge on any atom is -0.351 e. The fourth-order valence-electron chi connectivity index (χ4n) is 1.27. The van der Waals surface area contributed by atoms with E-state index in [0.717, 1.165) is 12.1 Å². The van der Waals surface area contributed by atoms with Crippen molar-refractivity contribution >= 4 is 18.3 Å². The summed E-state index contributed by atoms with van der Waals surface area (Å²) in [6.45, 7) is 3.65. The van der Waals surface area contributed by atoms with E-state index in [0.29, 0.717) is 0 Å². The predicted molar refractivity (Wildman–Crippen MR) is 68.3 cm³/mol. The third kappa shape index (κ3) is 4.58. The van der Waals surface area contributed by atoms with Crippen molar-refractivity contribution in [1.82, 2.24) is 5.32 Å². The SMILES string of the molecule is CC(C)[C@@H](N)C(=O)NCc1ccc(F)cc1F.Cl. The number of nitrogens with one attached hydrogen (secondary N) is 1. The Morgan fingerprint density at radius 1 is 1.39 bits per heavy atom. The molecule has 0 bridgehead atoms. The Hall–Kier alpha value is -1.20. The zero-order chi connectivity index (χ0) is 13.0. The Labute approximate surface area is 111 Å². The van der Waals surface area contributed by atoms with E-state index in [9.17, 15) is 13.6 Å². The molecule has 0 saturated heterocycles. The molecule has 1 aromatic carbocycles. The third-order valence-electron chi connectivity index (χ3n) is 2.49. The first-order valence-electron chi connectivity index (χ1n) is 5.39. The molecule has 0 saturated carbocycles. The van der Waals surface area contributed by atoms with Crippen LogP contribution in [0, 0.1) is 17.6 Å². The van der Waals surface area contributed by atoms with Gasteiger partial charge in [-0.3, -0.25) is 4.79 Å². The maximum absolute atomic E-state index is 13.2. The van der Waals surface area contributed by atoms with E-state index in [2.05, 4.69) is 5.32 Å². The number of nitrogens with two attached hydrogens (primary N) is 1. The van der Waals surface area contributed by atoms with Crippen LogP contribution >= 0.6 is 12.4 Å². The first-order chi connectivity index (χ1) is 7.91. The molecule has 0 radical (unpaired) electrons. The van der Waals surface area contributed by atoms with Crippen LogP contribution < -0.4 is 11.1 Å². The quantitative estimate of drug-likeness (QED) is 0.885. The van der Waals surface area contributed by atoms with Crippen LogP contribution in [0.1, 0.15) is 19.4 Å². The number of carbonyl (C=O) groups is 1. The molecule has 1 rings (SSSR count). The van der Waals surface area contributed by atoms with Crippen LogP contribution in [-0.2, 0) is 11.3 Å². The predicted octanol–water partition coefficient (Wildman–Crippen LogP) is 1.99. The maximum Gasteiger partial charge on any atom is 0.237 e. The summed E-state index contributed by atoms with van der Waals surface area (Å²) in [5, 5.41) is 2.51. The van der Waals surface area contributed by atoms with E-state index in [-0.39, 0.29) is 36.3 Å². The molecule has 1 atom stereocenters. The van der Waals surface area contributed by atoms with Gasteiger partial charge in [-0.2, -0.15) is 0 Å². The second kappa shape index (κ2) is 7.28. The molecule has 0 aliphatic rings. The molecule has 102 valence electrons. The summed E-state index contributed by atoms with van der Waals surface area (Å²) >= 11 is 0. The first-order valence-corrected chi connectivity index (χ1v) is 5.39. The highest BCUT2D eigenvalue weighted by molar-refractivity contribution is 5.85. The van der Waals surface area contributed by atoms with Crippen LogP contribution in [0.15, 0.2) is 18.2 Å². The summed E-state index contributed by atoms with van der Waals surface area (Å²) in [7, 11) is 0. The molecule has 3 N–H and O–H groups in total. The highest BCUT2D eigenvalue weighted by Gasteiger charge is 2.17. The van der Waals surface area contributed by atoms with Gasteiger partial charge in [0.25, 0.3) is 0 Å². The third-order valence-corrected chi connectivity index (χ3v) is 2.49. The molecule has 0 heterocycles. The lowest BCUT2D eigenvalue weighted by molar-refractivity contribution is -0.123. The number of benzene rings is 1. The van der Waals surface area contributed by atoms with Gasteiger partial charge < -0.3 is 11.1 Å². The average Bonchev–Trinajstić information content (AvgIpc) is 2.26. The Morgan fingerprint density at radius 3 is 2.50 bits per heavy atom. The van der Waals surface area contributed by atoms with Gasteiger partial charge in [-0.1, -0.05) is 19.9 Å². The second-order valence-electron chi connectivity index (χ2n) is 4.22. The van der Waals surface area contributed by atoms with Crippen molar-refractivity contribution in [3.05, 3.63) is 35.4 Å². The van der Waals surface area contributed by atoms with E-state index in [1.807, 2.05) is 13.8 Å². The fourth-order valence-corrected chi connectivity index (χ4v) is 1.27. The molecular weight excluding hydrogens is 262 g/mol. The summed E-state index contributed by atoms with van der Waals surface area (Å²) < 4.78 is 25.9. The fraction of sp³-hybridized carbons (Fsp3) is 0.417. The second-order valence-corrected chi connectivity index (χ2v) is 4.22. The van der Waals surface area contributed by atoms with Crippen LogP contribution in [0.25, 0.3) is 0 Å². The number of halogens is 3. The topological polar surface area (TPSA) is 55.1 Å². The van der Waals surface area contributed by atoms with E-state index in [1.165, 1.54) is 6.07 Å². The summed E-state index contributed by atoms with van der Waals surface area (Å²) in [6.07, 6.45) is 0. The molecule has 3 nitrogen and oxygen atoms in total. The Kier molecular flexibility index (Phi) is 6.80. The van der Waals surface area contributed by atoms with Crippen molar-refractivity contribution in [2.24, 2.45) is 11.7 Å². The highest BCUT2D eigenvalue weighted by Crippen LogP contribution is 2.09. The molecule has 0 aliphatic heterocycles. The van der Waals surface area contributed by atoms with Crippen LogP contribution in [0.2, 0.25) is 0 Å². The Morgan fingerprint density at radius 2 is 2.00 bits per heavy atom. The molecule has 0 unspecified atom stereocenters. The van der Waals surface area contributed by atoms with Gasteiger partial charge in [-0.05, 0) is 12.0 Å². The van der Waals surface area contributed by atoms with E-state index in [4.69, 9.17) is 5.73 Å². The van der Waals surface area contributed by atoms with Gasteiger partial charge in [0.1, 0.15) is 11.6 Å². The standard InChI is InChI=1S/C12H16F2N2O.ClH/c1-7(2)11(15)12(17)16-6-8-3-4-9(13)5-10(8)14;/h3-5,7,11H,6,15H2,1-2H3,(H,16,17);1H/t11-;/m1./s1. The summed E-state index contributed by atoms with van der Waals surface area (Å²) in [4.78, 5) is 11.5. The molecule has 0 spiro atoms. The maximum atomic E-state index is 13.2. The van der Waals surface area contributed by atoms with Crippen LogP contribution in [0.4, 0.5) is 8.78 Å². The van der Waals surface area contributed by atoms with Crippen LogP contribution in [-0.4, -0.2) is 11.9 Å². The van der Waals surface area contributed by atoms with E-state index >= 15 is 0 Å². The minimum atomic E-state index is -0.677. The van der Waals surface area contributed by atoms with Crippen molar-refractivity contribution in [3.63, 3.8) is 0 Å². The smallest absolute Gasteiger partial charge is 0.237 e. The highest BCUT2D eigenvalue weighted by atomic mass is 35.5. The van der Waals surface area contributed by atoms with Crippen LogP contribution in [0.5, 0.6) is 0 Å². The van der Waals surface area contributed by atoms with Gasteiger partial charge in [0.15, 0.2) is 0 Å². The van der Waals surface area contributed by atoms with Gasteiger partial charge >= 0.3 is 0 Å². The number of amides is 1. The molecule has 0 fully saturated rings. The monoisotopic (exact) mass is 278 g/mol. The number of rotatable bonds is 4. The molecule has 0 aliphatic carbocycles. The van der Waals surface area contributed by atoms with Crippen molar-refractivity contribution in [1.29, 1.82) is 0 Å². The lowest BCUT2D eigenvalue weighted by Crippen LogP contribution is -2.43. The number of hydrogen-bond donors (Lipinski definition) is 2. The van der Waals surface area contributed by atoms with Crippen LogP contribution in [0.3, 0.4) is 0 Å². The molecular formula is C12H17ClF2N2O. The van der Waals surface area contributed by atoms with Gasteiger partial charge in [-0.15, -0.1) is 12.4 Å². The first kappa shape index (κ1) is 16.8. The zero-order valence-corrected chi connectivity index (χ0v) is 11.1. The van der Waals surface area contributed by atoms with E-state index in [1.54, 1.807) is 0 Å². The largest absolute Gasteiger partial charge is 0.351 e. The summed E-state index contributed by atoms with van der Waals surface area (Å²) in [6, 6.07) is 2.60. The number of carbonyl (C=O) groups excluding carboxylic acids is 1.